The van der Waals surface area contributed by atoms with Gasteiger partial charge < -0.3 is 15.4 Å². The Hall–Kier alpha value is -2.89. The standard InChI is InChI=1S/C18H19FN2O3/c1-12-7-8-14(11-15(12)19)21-18(23)17(22)20-10-9-13-5-3-4-6-16(13)24-2/h3-8,11H,9-10H2,1-2H3,(H,20,22)(H,21,23). The predicted octanol–water partition coefficient (Wildman–Crippen LogP) is 2.44. The normalized spacial score (nSPS) is 10.1. The molecule has 24 heavy (non-hydrogen) atoms. The Morgan fingerprint density at radius 1 is 1.12 bits per heavy atom. The average molecular weight is 330 g/mol. The maximum absolute atomic E-state index is 13.4. The van der Waals surface area contributed by atoms with E-state index in [9.17, 15) is 14.0 Å². The molecule has 2 aromatic rings. The highest BCUT2D eigenvalue weighted by molar-refractivity contribution is 6.39. The molecule has 0 fully saturated rings. The number of halogens is 1. The number of benzene rings is 2. The van der Waals surface area contributed by atoms with Gasteiger partial charge in [-0.25, -0.2) is 4.39 Å². The van der Waals surface area contributed by atoms with E-state index < -0.39 is 17.6 Å². The molecule has 2 N–H and O–H groups in total. The maximum atomic E-state index is 13.4. The van der Waals surface area contributed by atoms with Crippen molar-refractivity contribution in [1.82, 2.24) is 5.32 Å². The van der Waals surface area contributed by atoms with E-state index in [2.05, 4.69) is 10.6 Å². The lowest BCUT2D eigenvalue weighted by Gasteiger charge is -2.09. The second kappa shape index (κ2) is 8.10. The van der Waals surface area contributed by atoms with E-state index in [1.807, 2.05) is 24.3 Å². The van der Waals surface area contributed by atoms with Crippen LogP contribution in [-0.4, -0.2) is 25.5 Å². The third-order valence-electron chi connectivity index (χ3n) is 3.51. The Kier molecular flexibility index (Phi) is 5.89. The van der Waals surface area contributed by atoms with Crippen LogP contribution in [0.1, 0.15) is 11.1 Å². The molecule has 2 amide bonds. The zero-order valence-electron chi connectivity index (χ0n) is 13.6. The summed E-state index contributed by atoms with van der Waals surface area (Å²) in [5.74, 6) is -1.32. The number of anilines is 1. The number of amides is 2. The molecule has 0 aromatic heterocycles. The summed E-state index contributed by atoms with van der Waals surface area (Å²) in [5, 5.41) is 4.89. The van der Waals surface area contributed by atoms with Crippen LogP contribution in [0.3, 0.4) is 0 Å². The number of ether oxygens (including phenoxy) is 1. The van der Waals surface area contributed by atoms with Gasteiger partial charge in [-0.3, -0.25) is 9.59 Å². The van der Waals surface area contributed by atoms with Crippen molar-refractivity contribution in [3.8, 4) is 5.75 Å². The van der Waals surface area contributed by atoms with Crippen molar-refractivity contribution in [1.29, 1.82) is 0 Å². The highest BCUT2D eigenvalue weighted by Crippen LogP contribution is 2.17. The zero-order valence-corrected chi connectivity index (χ0v) is 13.6. The van der Waals surface area contributed by atoms with E-state index >= 15 is 0 Å². The van der Waals surface area contributed by atoms with Crippen molar-refractivity contribution in [2.24, 2.45) is 0 Å². The summed E-state index contributed by atoms with van der Waals surface area (Å²) in [5.41, 5.74) is 1.64. The van der Waals surface area contributed by atoms with Crippen LogP contribution in [0.25, 0.3) is 0 Å². The lowest BCUT2D eigenvalue weighted by atomic mass is 10.1. The van der Waals surface area contributed by atoms with E-state index in [0.29, 0.717) is 12.0 Å². The number of carbonyl (C=O) groups is 2. The fourth-order valence-corrected chi connectivity index (χ4v) is 2.16. The van der Waals surface area contributed by atoms with Gasteiger partial charge in [0.25, 0.3) is 0 Å². The molecule has 0 atom stereocenters. The number of aryl methyl sites for hydroxylation is 1. The molecule has 5 nitrogen and oxygen atoms in total. The number of hydrogen-bond acceptors (Lipinski definition) is 3. The summed E-state index contributed by atoms with van der Waals surface area (Å²) in [6.45, 7) is 1.90. The summed E-state index contributed by atoms with van der Waals surface area (Å²) in [7, 11) is 1.57. The second-order valence-electron chi connectivity index (χ2n) is 5.24. The molecule has 0 aliphatic heterocycles. The van der Waals surface area contributed by atoms with E-state index in [-0.39, 0.29) is 12.2 Å². The van der Waals surface area contributed by atoms with Gasteiger partial charge in [0.2, 0.25) is 0 Å². The Morgan fingerprint density at radius 2 is 1.88 bits per heavy atom. The van der Waals surface area contributed by atoms with Gasteiger partial charge in [-0.1, -0.05) is 24.3 Å². The first-order valence-electron chi connectivity index (χ1n) is 7.48. The molecule has 2 aromatic carbocycles. The summed E-state index contributed by atoms with van der Waals surface area (Å²) in [6, 6.07) is 11.7. The first-order chi connectivity index (χ1) is 11.5. The second-order valence-corrected chi connectivity index (χ2v) is 5.24. The Bertz CT molecular complexity index is 747. The van der Waals surface area contributed by atoms with Gasteiger partial charge in [0.1, 0.15) is 11.6 Å². The highest BCUT2D eigenvalue weighted by Gasteiger charge is 2.14. The molecule has 6 heteroatoms. The predicted molar refractivity (Wildman–Crippen MR) is 89.5 cm³/mol. The van der Waals surface area contributed by atoms with Gasteiger partial charge in [0.05, 0.1) is 7.11 Å². The first kappa shape index (κ1) is 17.5. The van der Waals surface area contributed by atoms with Gasteiger partial charge in [-0.2, -0.15) is 0 Å². The van der Waals surface area contributed by atoms with Gasteiger partial charge >= 0.3 is 11.8 Å². The topological polar surface area (TPSA) is 67.4 Å². The van der Waals surface area contributed by atoms with Gasteiger partial charge in [-0.05, 0) is 42.7 Å². The van der Waals surface area contributed by atoms with Crippen LogP contribution in [0.5, 0.6) is 5.75 Å². The molecule has 126 valence electrons. The van der Waals surface area contributed by atoms with Crippen LogP contribution in [0, 0.1) is 12.7 Å². The summed E-state index contributed by atoms with van der Waals surface area (Å²) in [6.07, 6.45) is 0.530. The molecule has 0 aliphatic rings. The van der Waals surface area contributed by atoms with E-state index in [0.717, 1.165) is 11.3 Å². The van der Waals surface area contributed by atoms with Crippen LogP contribution >= 0.6 is 0 Å². The maximum Gasteiger partial charge on any atom is 0.313 e. The van der Waals surface area contributed by atoms with Crippen molar-refractivity contribution in [3.05, 3.63) is 59.4 Å². The van der Waals surface area contributed by atoms with E-state index in [4.69, 9.17) is 4.74 Å². The zero-order chi connectivity index (χ0) is 17.5. The molecule has 0 bridgehead atoms. The Labute approximate surface area is 139 Å². The molecule has 0 radical (unpaired) electrons. The molecule has 0 unspecified atom stereocenters. The molecule has 2 rings (SSSR count). The monoisotopic (exact) mass is 330 g/mol. The van der Waals surface area contributed by atoms with Gasteiger partial charge in [0.15, 0.2) is 0 Å². The Morgan fingerprint density at radius 3 is 2.58 bits per heavy atom. The molecular weight excluding hydrogens is 311 g/mol. The quantitative estimate of drug-likeness (QED) is 0.828. The molecule has 0 heterocycles. The number of methoxy groups -OCH3 is 1. The van der Waals surface area contributed by atoms with Crippen molar-refractivity contribution >= 4 is 17.5 Å². The molecule has 0 saturated heterocycles. The van der Waals surface area contributed by atoms with Gasteiger partial charge in [0, 0.05) is 12.2 Å². The smallest absolute Gasteiger partial charge is 0.313 e. The van der Waals surface area contributed by atoms with Gasteiger partial charge in [-0.15, -0.1) is 0 Å². The number of carbonyl (C=O) groups excluding carboxylic acids is 2. The molecular formula is C18H19FN2O3. The Balaban J connectivity index is 1.85. The number of nitrogens with one attached hydrogen (secondary N) is 2. The third kappa shape index (κ3) is 4.55. The van der Waals surface area contributed by atoms with Crippen molar-refractivity contribution in [3.63, 3.8) is 0 Å². The van der Waals surface area contributed by atoms with Crippen molar-refractivity contribution in [2.75, 3.05) is 19.0 Å². The van der Waals surface area contributed by atoms with Crippen LogP contribution < -0.4 is 15.4 Å². The lowest BCUT2D eigenvalue weighted by Crippen LogP contribution is -2.36. The lowest BCUT2D eigenvalue weighted by molar-refractivity contribution is -0.136. The van der Waals surface area contributed by atoms with Crippen molar-refractivity contribution in [2.45, 2.75) is 13.3 Å². The number of rotatable bonds is 5. The van der Waals surface area contributed by atoms with Crippen LogP contribution in [-0.2, 0) is 16.0 Å². The average Bonchev–Trinajstić information content (AvgIpc) is 2.58. The largest absolute Gasteiger partial charge is 0.496 e. The van der Waals surface area contributed by atoms with Crippen LogP contribution in [0.4, 0.5) is 10.1 Å². The number of para-hydroxylation sites is 1. The number of hydrogen-bond donors (Lipinski definition) is 2. The molecule has 0 spiro atoms. The van der Waals surface area contributed by atoms with E-state index in [1.54, 1.807) is 20.1 Å². The molecule has 0 saturated carbocycles. The first-order valence-corrected chi connectivity index (χ1v) is 7.48. The summed E-state index contributed by atoms with van der Waals surface area (Å²) in [4.78, 5) is 23.6. The summed E-state index contributed by atoms with van der Waals surface area (Å²) >= 11 is 0. The third-order valence-corrected chi connectivity index (χ3v) is 3.51. The SMILES string of the molecule is COc1ccccc1CCNC(=O)C(=O)Nc1ccc(C)c(F)c1. The van der Waals surface area contributed by atoms with Crippen LogP contribution in [0.2, 0.25) is 0 Å². The van der Waals surface area contributed by atoms with E-state index in [1.165, 1.54) is 12.1 Å². The minimum Gasteiger partial charge on any atom is -0.496 e. The molecule has 0 aliphatic carbocycles. The minimum atomic E-state index is -0.835. The fraction of sp³-hybridized carbons (Fsp3) is 0.222. The minimum absolute atomic E-state index is 0.239. The fourth-order valence-electron chi connectivity index (χ4n) is 2.16. The van der Waals surface area contributed by atoms with Crippen molar-refractivity contribution < 1.29 is 18.7 Å². The van der Waals surface area contributed by atoms with Crippen LogP contribution in [0.15, 0.2) is 42.5 Å². The summed E-state index contributed by atoms with van der Waals surface area (Å²) < 4.78 is 18.7. The highest BCUT2D eigenvalue weighted by atomic mass is 19.1.